The average molecular weight is 370 g/mol. The van der Waals surface area contributed by atoms with E-state index in [2.05, 4.69) is 58.9 Å². The topological polar surface area (TPSA) is 54.9 Å². The predicted molar refractivity (Wildman–Crippen MR) is 111 cm³/mol. The highest BCUT2D eigenvalue weighted by molar-refractivity contribution is 5.79. The summed E-state index contributed by atoms with van der Waals surface area (Å²) in [6.45, 7) is 8.11. The number of hydrogen-bond donors (Lipinski definition) is 2. The number of guanidine groups is 1. The fourth-order valence-corrected chi connectivity index (χ4v) is 2.75. The molecule has 0 aliphatic carbocycles. The molecule has 0 bridgehead atoms. The third-order valence-electron chi connectivity index (χ3n) is 4.02. The zero-order chi connectivity index (χ0) is 19.6. The van der Waals surface area contributed by atoms with Gasteiger partial charge in [0.2, 0.25) is 0 Å². The summed E-state index contributed by atoms with van der Waals surface area (Å²) in [6.07, 6.45) is 0.141. The summed E-state index contributed by atoms with van der Waals surface area (Å²) >= 11 is 0. The number of methoxy groups -OCH3 is 1. The Morgan fingerprint density at radius 2 is 1.78 bits per heavy atom. The zero-order valence-electron chi connectivity index (χ0n) is 17.0. The number of benzene rings is 2. The maximum absolute atomic E-state index is 5.95. The molecule has 0 aliphatic rings. The number of nitrogens with one attached hydrogen (secondary N) is 2. The van der Waals surface area contributed by atoms with Crippen molar-refractivity contribution in [2.75, 3.05) is 14.2 Å². The molecule has 0 fully saturated rings. The molecule has 0 unspecified atom stereocenters. The van der Waals surface area contributed by atoms with E-state index < -0.39 is 0 Å². The first-order valence-electron chi connectivity index (χ1n) is 9.29. The minimum absolute atomic E-state index is 0.141. The van der Waals surface area contributed by atoms with Crippen molar-refractivity contribution in [2.45, 2.75) is 46.6 Å². The largest absolute Gasteiger partial charge is 0.491 e. The molecule has 0 spiro atoms. The van der Waals surface area contributed by atoms with Crippen molar-refractivity contribution in [3.05, 3.63) is 64.7 Å². The number of ether oxygens (including phenoxy) is 2. The highest BCUT2D eigenvalue weighted by Gasteiger charge is 2.07. The summed E-state index contributed by atoms with van der Waals surface area (Å²) in [5, 5.41) is 6.72. The highest BCUT2D eigenvalue weighted by Crippen LogP contribution is 2.21. The monoisotopic (exact) mass is 369 g/mol. The molecule has 0 radical (unpaired) electrons. The Morgan fingerprint density at radius 1 is 1.04 bits per heavy atom. The summed E-state index contributed by atoms with van der Waals surface area (Å²) in [4.78, 5) is 4.31. The number of aliphatic imine (C=N–C) groups is 1. The van der Waals surface area contributed by atoms with Crippen LogP contribution in [0.4, 0.5) is 0 Å². The molecule has 146 valence electrons. The van der Waals surface area contributed by atoms with Gasteiger partial charge in [-0.1, -0.05) is 36.4 Å². The van der Waals surface area contributed by atoms with Crippen molar-refractivity contribution in [1.29, 1.82) is 0 Å². The zero-order valence-corrected chi connectivity index (χ0v) is 17.0. The van der Waals surface area contributed by atoms with Crippen LogP contribution in [0, 0.1) is 6.92 Å². The molecule has 0 heterocycles. The molecule has 27 heavy (non-hydrogen) atoms. The van der Waals surface area contributed by atoms with Crippen LogP contribution < -0.4 is 15.4 Å². The first-order valence-corrected chi connectivity index (χ1v) is 9.29. The lowest BCUT2D eigenvalue weighted by molar-refractivity contribution is 0.185. The normalized spacial score (nSPS) is 11.6. The third kappa shape index (κ3) is 6.94. The summed E-state index contributed by atoms with van der Waals surface area (Å²) < 4.78 is 11.1. The standard InChI is InChI=1S/C22H31N3O2/c1-16(2)27-21-11-17(3)9-10-20(21)14-25-22(23-4)24-13-18-7-6-8-19(12-18)15-26-5/h6-12,16H,13-15H2,1-5H3,(H2,23,24,25). The molecule has 0 atom stereocenters. The van der Waals surface area contributed by atoms with Gasteiger partial charge in [0.25, 0.3) is 0 Å². The fourth-order valence-electron chi connectivity index (χ4n) is 2.75. The van der Waals surface area contributed by atoms with Crippen LogP contribution in [-0.4, -0.2) is 26.2 Å². The van der Waals surface area contributed by atoms with Crippen LogP contribution in [0.25, 0.3) is 0 Å². The van der Waals surface area contributed by atoms with Crippen molar-refractivity contribution in [3.63, 3.8) is 0 Å². The molecule has 2 N–H and O–H groups in total. The second kappa shape index (κ2) is 10.6. The van der Waals surface area contributed by atoms with Crippen LogP contribution >= 0.6 is 0 Å². The number of aryl methyl sites for hydroxylation is 1. The van der Waals surface area contributed by atoms with Gasteiger partial charge in [-0.05, 0) is 43.5 Å². The van der Waals surface area contributed by atoms with Crippen LogP contribution in [0.15, 0.2) is 47.5 Å². The van der Waals surface area contributed by atoms with E-state index >= 15 is 0 Å². The number of nitrogens with zero attached hydrogens (tertiary/aromatic N) is 1. The smallest absolute Gasteiger partial charge is 0.191 e. The van der Waals surface area contributed by atoms with Gasteiger partial charge in [0, 0.05) is 32.8 Å². The Balaban J connectivity index is 1.95. The Hall–Kier alpha value is -2.53. The van der Waals surface area contributed by atoms with Gasteiger partial charge in [0.1, 0.15) is 5.75 Å². The Labute approximate surface area is 162 Å². The SMILES string of the molecule is CN=C(NCc1cccc(COC)c1)NCc1ccc(C)cc1OC(C)C. The van der Waals surface area contributed by atoms with E-state index in [1.165, 1.54) is 11.1 Å². The lowest BCUT2D eigenvalue weighted by Crippen LogP contribution is -2.36. The van der Waals surface area contributed by atoms with Crippen LogP contribution in [-0.2, 0) is 24.4 Å². The quantitative estimate of drug-likeness (QED) is 0.549. The predicted octanol–water partition coefficient (Wildman–Crippen LogP) is 3.79. The van der Waals surface area contributed by atoms with Crippen LogP contribution in [0.2, 0.25) is 0 Å². The Bertz CT molecular complexity index is 757. The number of rotatable bonds is 8. The van der Waals surface area contributed by atoms with Crippen molar-refractivity contribution >= 4 is 5.96 Å². The van der Waals surface area contributed by atoms with Gasteiger partial charge in [0.15, 0.2) is 5.96 Å². The molecule has 0 amide bonds. The molecular weight excluding hydrogens is 338 g/mol. The average Bonchev–Trinajstić information content (AvgIpc) is 2.63. The van der Waals surface area contributed by atoms with Gasteiger partial charge < -0.3 is 20.1 Å². The molecule has 0 saturated carbocycles. The van der Waals surface area contributed by atoms with Crippen molar-refractivity contribution in [3.8, 4) is 5.75 Å². The summed E-state index contributed by atoms with van der Waals surface area (Å²) in [5.41, 5.74) is 4.65. The van der Waals surface area contributed by atoms with Gasteiger partial charge in [-0.2, -0.15) is 0 Å². The first-order chi connectivity index (χ1) is 13.0. The maximum atomic E-state index is 5.95. The van der Waals surface area contributed by atoms with E-state index in [-0.39, 0.29) is 6.10 Å². The van der Waals surface area contributed by atoms with Gasteiger partial charge in [-0.25, -0.2) is 0 Å². The van der Waals surface area contributed by atoms with Gasteiger partial charge in [-0.15, -0.1) is 0 Å². The molecular formula is C22H31N3O2. The minimum Gasteiger partial charge on any atom is -0.491 e. The van der Waals surface area contributed by atoms with E-state index in [9.17, 15) is 0 Å². The summed E-state index contributed by atoms with van der Waals surface area (Å²) in [6, 6.07) is 14.6. The van der Waals surface area contributed by atoms with Gasteiger partial charge >= 0.3 is 0 Å². The lowest BCUT2D eigenvalue weighted by Gasteiger charge is -2.17. The molecule has 0 aliphatic heterocycles. The van der Waals surface area contributed by atoms with Gasteiger partial charge in [0.05, 0.1) is 12.7 Å². The van der Waals surface area contributed by atoms with E-state index in [1.54, 1.807) is 14.2 Å². The van der Waals surface area contributed by atoms with Crippen molar-refractivity contribution < 1.29 is 9.47 Å². The molecule has 2 aromatic carbocycles. The van der Waals surface area contributed by atoms with E-state index in [1.807, 2.05) is 19.9 Å². The molecule has 2 aromatic rings. The van der Waals surface area contributed by atoms with E-state index in [0.29, 0.717) is 19.7 Å². The van der Waals surface area contributed by atoms with Gasteiger partial charge in [-0.3, -0.25) is 4.99 Å². The third-order valence-corrected chi connectivity index (χ3v) is 4.02. The molecule has 0 aromatic heterocycles. The molecule has 2 rings (SSSR count). The number of hydrogen-bond acceptors (Lipinski definition) is 3. The maximum Gasteiger partial charge on any atom is 0.191 e. The molecule has 5 nitrogen and oxygen atoms in total. The van der Waals surface area contributed by atoms with Crippen molar-refractivity contribution in [2.24, 2.45) is 4.99 Å². The molecule has 0 saturated heterocycles. The second-order valence-electron chi connectivity index (χ2n) is 6.81. The van der Waals surface area contributed by atoms with E-state index in [4.69, 9.17) is 9.47 Å². The highest BCUT2D eigenvalue weighted by atomic mass is 16.5. The molecule has 5 heteroatoms. The van der Waals surface area contributed by atoms with Crippen LogP contribution in [0.1, 0.15) is 36.1 Å². The van der Waals surface area contributed by atoms with Crippen LogP contribution in [0.5, 0.6) is 5.75 Å². The summed E-state index contributed by atoms with van der Waals surface area (Å²) in [7, 11) is 3.48. The Kier molecular flexibility index (Phi) is 8.14. The Morgan fingerprint density at radius 3 is 2.48 bits per heavy atom. The first kappa shape index (κ1) is 20.8. The summed E-state index contributed by atoms with van der Waals surface area (Å²) in [5.74, 6) is 1.67. The fraction of sp³-hybridized carbons (Fsp3) is 0.409. The minimum atomic E-state index is 0.141. The van der Waals surface area contributed by atoms with Crippen molar-refractivity contribution in [1.82, 2.24) is 10.6 Å². The lowest BCUT2D eigenvalue weighted by atomic mass is 10.1. The van der Waals surface area contributed by atoms with Crippen LogP contribution in [0.3, 0.4) is 0 Å². The second-order valence-corrected chi connectivity index (χ2v) is 6.81. The van der Waals surface area contributed by atoms with E-state index in [0.717, 1.165) is 22.8 Å².